The Bertz CT molecular complexity index is 519. The van der Waals surface area contributed by atoms with Crippen molar-refractivity contribution in [2.45, 2.75) is 20.3 Å². The number of hydrogen-bond donors (Lipinski definition) is 0. The average Bonchev–Trinajstić information content (AvgIpc) is 2.68. The predicted octanol–water partition coefficient (Wildman–Crippen LogP) is 2.58. The van der Waals surface area contributed by atoms with Crippen molar-refractivity contribution in [2.75, 3.05) is 0 Å². The van der Waals surface area contributed by atoms with Crippen LogP contribution in [0.3, 0.4) is 0 Å². The molecule has 0 bridgehead atoms. The number of benzene rings is 1. The molecule has 0 fully saturated rings. The van der Waals surface area contributed by atoms with Crippen molar-refractivity contribution in [3.05, 3.63) is 46.0 Å². The molecular formula is C12H12N2OS. The summed E-state index contributed by atoms with van der Waals surface area (Å²) < 4.78 is 3.78. The van der Waals surface area contributed by atoms with Gasteiger partial charge < -0.3 is 0 Å². The minimum atomic E-state index is 0.0989. The van der Waals surface area contributed by atoms with Gasteiger partial charge in [-0.2, -0.15) is 0 Å². The summed E-state index contributed by atoms with van der Waals surface area (Å²) in [5, 5.41) is 3.85. The molecule has 4 heteroatoms. The lowest BCUT2D eigenvalue weighted by atomic mass is 10.0. The third-order valence-corrected chi connectivity index (χ3v) is 3.39. The van der Waals surface area contributed by atoms with Crippen LogP contribution in [0.1, 0.15) is 26.5 Å². The topological polar surface area (TPSA) is 42.9 Å². The second kappa shape index (κ2) is 4.53. The van der Waals surface area contributed by atoms with E-state index in [1.807, 2.05) is 38.1 Å². The van der Waals surface area contributed by atoms with Crippen LogP contribution in [0.2, 0.25) is 0 Å². The molecule has 1 aromatic carbocycles. The molecular weight excluding hydrogens is 220 g/mol. The quantitative estimate of drug-likeness (QED) is 0.764. The summed E-state index contributed by atoms with van der Waals surface area (Å²) in [7, 11) is 0. The van der Waals surface area contributed by atoms with E-state index in [4.69, 9.17) is 0 Å². The van der Waals surface area contributed by atoms with Crippen molar-refractivity contribution in [1.29, 1.82) is 0 Å². The molecule has 2 rings (SSSR count). The average molecular weight is 232 g/mol. The first-order valence-corrected chi connectivity index (χ1v) is 5.82. The van der Waals surface area contributed by atoms with E-state index in [2.05, 4.69) is 9.59 Å². The van der Waals surface area contributed by atoms with E-state index in [0.29, 0.717) is 11.3 Å². The van der Waals surface area contributed by atoms with Gasteiger partial charge in [0.05, 0.1) is 5.69 Å². The Balaban J connectivity index is 2.21. The summed E-state index contributed by atoms with van der Waals surface area (Å²) in [6.07, 6.45) is 0.428. The lowest BCUT2D eigenvalue weighted by molar-refractivity contribution is 0.0996. The predicted molar refractivity (Wildman–Crippen MR) is 63.9 cm³/mol. The molecule has 0 radical (unpaired) electrons. The van der Waals surface area contributed by atoms with Crippen LogP contribution >= 0.6 is 11.5 Å². The molecule has 0 aliphatic heterocycles. The van der Waals surface area contributed by atoms with Gasteiger partial charge in [0.2, 0.25) is 0 Å². The molecule has 0 unspecified atom stereocenters. The first-order chi connectivity index (χ1) is 7.68. The van der Waals surface area contributed by atoms with Crippen LogP contribution in [-0.2, 0) is 6.42 Å². The smallest absolute Gasteiger partial charge is 0.180 e. The number of Topliss-reactive ketones (excluding diaryl/α,β-unsaturated/α-hetero) is 1. The van der Waals surface area contributed by atoms with Gasteiger partial charge in [-0.3, -0.25) is 4.79 Å². The summed E-state index contributed by atoms with van der Waals surface area (Å²) >= 11 is 1.17. The Morgan fingerprint density at radius 1 is 1.31 bits per heavy atom. The van der Waals surface area contributed by atoms with Gasteiger partial charge in [-0.1, -0.05) is 28.8 Å². The van der Waals surface area contributed by atoms with E-state index in [1.165, 1.54) is 11.5 Å². The number of carbonyl (C=O) groups is 1. The van der Waals surface area contributed by atoms with E-state index in [1.54, 1.807) is 0 Å². The van der Waals surface area contributed by atoms with Gasteiger partial charge in [-0.25, -0.2) is 0 Å². The van der Waals surface area contributed by atoms with Crippen LogP contribution in [-0.4, -0.2) is 15.4 Å². The lowest BCUT2D eigenvalue weighted by Gasteiger charge is -2.03. The number of aromatic nitrogens is 2. The standard InChI is InChI=1S/C12H12N2OS/c1-8-5-3-4-6-10(8)7-11(15)12-9(2)13-14-16-12/h3-6H,7H2,1-2H3. The maximum absolute atomic E-state index is 12.0. The fraction of sp³-hybridized carbons (Fsp3) is 0.250. The van der Waals surface area contributed by atoms with Crippen LogP contribution in [0.4, 0.5) is 0 Å². The van der Waals surface area contributed by atoms with E-state index in [0.717, 1.165) is 16.8 Å². The van der Waals surface area contributed by atoms with Crippen LogP contribution in [0.25, 0.3) is 0 Å². The first-order valence-electron chi connectivity index (χ1n) is 5.05. The fourth-order valence-electron chi connectivity index (χ4n) is 1.55. The Hall–Kier alpha value is -1.55. The Morgan fingerprint density at radius 3 is 2.69 bits per heavy atom. The van der Waals surface area contributed by atoms with Crippen LogP contribution in [0.15, 0.2) is 24.3 Å². The molecule has 1 aromatic heterocycles. The van der Waals surface area contributed by atoms with Crippen molar-refractivity contribution in [1.82, 2.24) is 9.59 Å². The van der Waals surface area contributed by atoms with Crippen molar-refractivity contribution in [3.8, 4) is 0 Å². The largest absolute Gasteiger partial charge is 0.293 e. The Kier molecular flexibility index (Phi) is 3.10. The molecule has 0 atom stereocenters. The van der Waals surface area contributed by atoms with Gasteiger partial charge in [0.25, 0.3) is 0 Å². The second-order valence-corrected chi connectivity index (χ2v) is 4.47. The maximum Gasteiger partial charge on any atom is 0.180 e. The third kappa shape index (κ3) is 2.17. The molecule has 82 valence electrons. The molecule has 0 aliphatic rings. The molecule has 2 aromatic rings. The third-order valence-electron chi connectivity index (χ3n) is 2.52. The molecule has 0 spiro atoms. The van der Waals surface area contributed by atoms with Crippen molar-refractivity contribution >= 4 is 17.3 Å². The SMILES string of the molecule is Cc1ccccc1CC(=O)c1snnc1C. The highest BCUT2D eigenvalue weighted by Crippen LogP contribution is 2.15. The van der Waals surface area contributed by atoms with E-state index in [9.17, 15) is 4.79 Å². The summed E-state index contributed by atoms with van der Waals surface area (Å²) in [6, 6.07) is 7.92. The van der Waals surface area contributed by atoms with E-state index in [-0.39, 0.29) is 5.78 Å². The molecule has 0 saturated heterocycles. The minimum absolute atomic E-state index is 0.0989. The van der Waals surface area contributed by atoms with E-state index < -0.39 is 0 Å². The van der Waals surface area contributed by atoms with E-state index >= 15 is 0 Å². The highest BCUT2D eigenvalue weighted by Gasteiger charge is 2.14. The minimum Gasteiger partial charge on any atom is -0.293 e. The number of nitrogens with zero attached hydrogens (tertiary/aromatic N) is 2. The van der Waals surface area contributed by atoms with Crippen molar-refractivity contribution < 1.29 is 4.79 Å². The Morgan fingerprint density at radius 2 is 2.06 bits per heavy atom. The fourth-order valence-corrected chi connectivity index (χ4v) is 2.14. The maximum atomic E-state index is 12.0. The summed E-state index contributed by atoms with van der Waals surface area (Å²) in [4.78, 5) is 12.6. The molecule has 0 aliphatic carbocycles. The summed E-state index contributed by atoms with van der Waals surface area (Å²) in [6.45, 7) is 3.83. The van der Waals surface area contributed by atoms with Gasteiger partial charge in [-0.05, 0) is 36.5 Å². The molecule has 1 heterocycles. The van der Waals surface area contributed by atoms with Gasteiger partial charge in [0.15, 0.2) is 5.78 Å². The zero-order valence-electron chi connectivity index (χ0n) is 9.23. The molecule has 0 saturated carbocycles. The monoisotopic (exact) mass is 232 g/mol. The van der Waals surface area contributed by atoms with Crippen molar-refractivity contribution in [3.63, 3.8) is 0 Å². The second-order valence-electron chi connectivity index (χ2n) is 3.71. The first kappa shape index (κ1) is 11.0. The van der Waals surface area contributed by atoms with Gasteiger partial charge >= 0.3 is 0 Å². The summed E-state index contributed by atoms with van der Waals surface area (Å²) in [5.41, 5.74) is 2.94. The molecule has 0 N–H and O–H groups in total. The Labute approximate surface area is 98.3 Å². The van der Waals surface area contributed by atoms with Crippen LogP contribution in [0, 0.1) is 13.8 Å². The number of carbonyl (C=O) groups excluding carboxylic acids is 1. The number of aryl methyl sites for hydroxylation is 2. The molecule has 16 heavy (non-hydrogen) atoms. The number of ketones is 1. The van der Waals surface area contributed by atoms with Crippen LogP contribution < -0.4 is 0 Å². The van der Waals surface area contributed by atoms with Crippen LogP contribution in [0.5, 0.6) is 0 Å². The van der Waals surface area contributed by atoms with Gasteiger partial charge in [0, 0.05) is 6.42 Å². The lowest BCUT2D eigenvalue weighted by Crippen LogP contribution is -2.04. The zero-order chi connectivity index (χ0) is 11.5. The van der Waals surface area contributed by atoms with Gasteiger partial charge in [0.1, 0.15) is 4.88 Å². The molecule has 3 nitrogen and oxygen atoms in total. The zero-order valence-corrected chi connectivity index (χ0v) is 10.0. The van der Waals surface area contributed by atoms with Gasteiger partial charge in [-0.15, -0.1) is 5.10 Å². The van der Waals surface area contributed by atoms with Crippen molar-refractivity contribution in [2.24, 2.45) is 0 Å². The summed E-state index contributed by atoms with van der Waals surface area (Å²) in [5.74, 6) is 0.0989. The molecule has 0 amide bonds. The number of rotatable bonds is 3. The number of hydrogen-bond acceptors (Lipinski definition) is 4. The normalized spacial score (nSPS) is 10.4. The highest BCUT2D eigenvalue weighted by molar-refractivity contribution is 7.08. The highest BCUT2D eigenvalue weighted by atomic mass is 32.1.